The van der Waals surface area contributed by atoms with Crippen LogP contribution in [0.2, 0.25) is 0 Å². The van der Waals surface area contributed by atoms with E-state index < -0.39 is 15.9 Å². The SMILES string of the molecule is C=CCCOC(C)C(=O)Nc1nc2ccc(S(C)(=O)=O)cc2s1. The normalized spacial score (nSPS) is 13.0. The quantitative estimate of drug-likeness (QED) is 0.610. The Hall–Kier alpha value is -1.77. The molecule has 8 heteroatoms. The van der Waals surface area contributed by atoms with Gasteiger partial charge in [-0.15, -0.1) is 6.58 Å². The van der Waals surface area contributed by atoms with Crippen molar-refractivity contribution >= 4 is 42.4 Å². The third kappa shape index (κ3) is 4.60. The van der Waals surface area contributed by atoms with Crippen LogP contribution >= 0.6 is 11.3 Å². The second-order valence-electron chi connectivity index (χ2n) is 5.00. The minimum Gasteiger partial charge on any atom is -0.368 e. The second kappa shape index (κ2) is 7.20. The van der Waals surface area contributed by atoms with Gasteiger partial charge in [-0.05, 0) is 31.5 Å². The summed E-state index contributed by atoms with van der Waals surface area (Å²) in [6.45, 7) is 5.67. The molecular formula is C15H18N2O4S2. The molecule has 2 rings (SSSR count). The van der Waals surface area contributed by atoms with Gasteiger partial charge < -0.3 is 4.74 Å². The molecule has 0 bridgehead atoms. The Labute approximate surface area is 139 Å². The summed E-state index contributed by atoms with van der Waals surface area (Å²) in [5.41, 5.74) is 0.637. The van der Waals surface area contributed by atoms with Gasteiger partial charge in [0.2, 0.25) is 0 Å². The van der Waals surface area contributed by atoms with E-state index in [1.54, 1.807) is 25.1 Å². The maximum atomic E-state index is 12.0. The third-order valence-electron chi connectivity index (χ3n) is 3.08. The molecule has 0 saturated heterocycles. The summed E-state index contributed by atoms with van der Waals surface area (Å²) in [5.74, 6) is -0.295. The standard InChI is InChI=1S/C15H18N2O4S2/c1-4-5-8-21-10(2)14(18)17-15-16-12-7-6-11(23(3,19)20)9-13(12)22-15/h4,6-7,9-10H,1,5,8H2,2-3H3,(H,16,17,18). The van der Waals surface area contributed by atoms with Gasteiger partial charge >= 0.3 is 0 Å². The molecule has 0 aliphatic rings. The first kappa shape index (κ1) is 17.6. The summed E-state index contributed by atoms with van der Waals surface area (Å²) >= 11 is 1.22. The van der Waals surface area contributed by atoms with E-state index in [4.69, 9.17) is 4.74 Å². The molecule has 1 atom stereocenters. The number of benzene rings is 1. The van der Waals surface area contributed by atoms with E-state index in [2.05, 4.69) is 16.9 Å². The van der Waals surface area contributed by atoms with E-state index in [9.17, 15) is 13.2 Å². The molecule has 1 unspecified atom stereocenters. The molecule has 1 amide bonds. The predicted molar refractivity (Wildman–Crippen MR) is 91.6 cm³/mol. The van der Waals surface area contributed by atoms with Gasteiger partial charge in [0.1, 0.15) is 6.10 Å². The molecule has 0 aliphatic carbocycles. The molecule has 0 saturated carbocycles. The fourth-order valence-electron chi connectivity index (χ4n) is 1.80. The fraction of sp³-hybridized carbons (Fsp3) is 0.333. The van der Waals surface area contributed by atoms with Crippen LogP contribution in [-0.4, -0.2) is 38.3 Å². The van der Waals surface area contributed by atoms with Crippen LogP contribution < -0.4 is 5.32 Å². The second-order valence-corrected chi connectivity index (χ2v) is 8.05. The zero-order valence-electron chi connectivity index (χ0n) is 12.9. The summed E-state index contributed by atoms with van der Waals surface area (Å²) in [4.78, 5) is 16.5. The monoisotopic (exact) mass is 354 g/mol. The van der Waals surface area contributed by atoms with E-state index in [1.807, 2.05) is 0 Å². The highest BCUT2D eigenvalue weighted by Gasteiger charge is 2.16. The molecule has 1 aromatic carbocycles. The number of ether oxygens (including phenoxy) is 1. The average Bonchev–Trinajstić information content (AvgIpc) is 2.87. The first-order chi connectivity index (χ1) is 10.8. The highest BCUT2D eigenvalue weighted by molar-refractivity contribution is 7.90. The molecule has 124 valence electrons. The van der Waals surface area contributed by atoms with Crippen LogP contribution in [0.15, 0.2) is 35.7 Å². The number of sulfone groups is 1. The number of aromatic nitrogens is 1. The molecule has 0 fully saturated rings. The van der Waals surface area contributed by atoms with Crippen molar-refractivity contribution in [1.29, 1.82) is 0 Å². The van der Waals surface area contributed by atoms with E-state index in [-0.39, 0.29) is 10.8 Å². The number of rotatable bonds is 7. The van der Waals surface area contributed by atoms with Gasteiger partial charge in [0.15, 0.2) is 15.0 Å². The van der Waals surface area contributed by atoms with Crippen molar-refractivity contribution in [2.24, 2.45) is 0 Å². The van der Waals surface area contributed by atoms with Gasteiger partial charge in [-0.1, -0.05) is 17.4 Å². The molecule has 1 N–H and O–H groups in total. The number of fused-ring (bicyclic) bond motifs is 1. The molecule has 6 nitrogen and oxygen atoms in total. The minimum atomic E-state index is -3.27. The Kier molecular flexibility index (Phi) is 5.51. The van der Waals surface area contributed by atoms with E-state index in [1.165, 1.54) is 17.4 Å². The van der Waals surface area contributed by atoms with Gasteiger partial charge in [0.25, 0.3) is 5.91 Å². The van der Waals surface area contributed by atoms with E-state index in [0.29, 0.717) is 28.4 Å². The first-order valence-electron chi connectivity index (χ1n) is 6.95. The van der Waals surface area contributed by atoms with E-state index in [0.717, 1.165) is 6.26 Å². The van der Waals surface area contributed by atoms with Crippen LogP contribution in [0.25, 0.3) is 10.2 Å². The minimum absolute atomic E-state index is 0.229. The van der Waals surface area contributed by atoms with Crippen LogP contribution in [0.3, 0.4) is 0 Å². The van der Waals surface area contributed by atoms with Crippen LogP contribution in [0.4, 0.5) is 5.13 Å². The zero-order valence-corrected chi connectivity index (χ0v) is 14.5. The van der Waals surface area contributed by atoms with Gasteiger partial charge in [-0.2, -0.15) is 0 Å². The van der Waals surface area contributed by atoms with Crippen molar-refractivity contribution in [2.45, 2.75) is 24.3 Å². The third-order valence-corrected chi connectivity index (χ3v) is 5.12. The summed E-state index contributed by atoms with van der Waals surface area (Å²) < 4.78 is 29.2. The van der Waals surface area contributed by atoms with Crippen LogP contribution in [0.5, 0.6) is 0 Å². The Bertz CT molecular complexity index is 827. The molecule has 0 radical (unpaired) electrons. The van der Waals surface area contributed by atoms with Crippen molar-refractivity contribution in [3.63, 3.8) is 0 Å². The average molecular weight is 354 g/mol. The molecular weight excluding hydrogens is 336 g/mol. The van der Waals surface area contributed by atoms with E-state index >= 15 is 0 Å². The smallest absolute Gasteiger partial charge is 0.254 e. The van der Waals surface area contributed by atoms with Crippen molar-refractivity contribution in [2.75, 3.05) is 18.2 Å². The predicted octanol–water partition coefficient (Wildman–Crippen LogP) is 2.62. The highest BCUT2D eigenvalue weighted by Crippen LogP contribution is 2.28. The number of hydrogen-bond donors (Lipinski definition) is 1. The maximum absolute atomic E-state index is 12.0. The Morgan fingerprint density at radius 2 is 2.26 bits per heavy atom. The lowest BCUT2D eigenvalue weighted by Crippen LogP contribution is -2.27. The molecule has 0 spiro atoms. The topological polar surface area (TPSA) is 85.4 Å². The van der Waals surface area contributed by atoms with Crippen molar-refractivity contribution in [3.05, 3.63) is 30.9 Å². The zero-order chi connectivity index (χ0) is 17.0. The van der Waals surface area contributed by atoms with Gasteiger partial charge in [-0.25, -0.2) is 13.4 Å². The lowest BCUT2D eigenvalue weighted by molar-refractivity contribution is -0.126. The lowest BCUT2D eigenvalue weighted by Gasteiger charge is -2.10. The maximum Gasteiger partial charge on any atom is 0.254 e. The summed E-state index contributed by atoms with van der Waals surface area (Å²) in [6, 6.07) is 4.69. The van der Waals surface area contributed by atoms with Crippen molar-refractivity contribution in [3.8, 4) is 0 Å². The summed E-state index contributed by atoms with van der Waals surface area (Å²) in [7, 11) is -3.27. The number of amides is 1. The molecule has 1 heterocycles. The molecule has 2 aromatic rings. The number of carbonyl (C=O) groups is 1. The molecule has 23 heavy (non-hydrogen) atoms. The van der Waals surface area contributed by atoms with Gasteiger partial charge in [-0.3, -0.25) is 10.1 Å². The molecule has 0 aliphatic heterocycles. The number of nitrogens with one attached hydrogen (secondary N) is 1. The van der Waals surface area contributed by atoms with Crippen molar-refractivity contribution < 1.29 is 17.9 Å². The number of nitrogens with zero attached hydrogens (tertiary/aromatic N) is 1. The Balaban J connectivity index is 2.12. The Morgan fingerprint density at radius 3 is 2.91 bits per heavy atom. The summed E-state index contributed by atoms with van der Waals surface area (Å²) in [5, 5.41) is 3.10. The molecule has 1 aromatic heterocycles. The lowest BCUT2D eigenvalue weighted by atomic mass is 10.3. The largest absolute Gasteiger partial charge is 0.368 e. The van der Waals surface area contributed by atoms with Crippen LogP contribution in [0.1, 0.15) is 13.3 Å². The highest BCUT2D eigenvalue weighted by atomic mass is 32.2. The first-order valence-corrected chi connectivity index (χ1v) is 9.66. The number of carbonyl (C=O) groups excluding carboxylic acids is 1. The van der Waals surface area contributed by atoms with Crippen molar-refractivity contribution in [1.82, 2.24) is 4.98 Å². The number of thiazole rings is 1. The summed E-state index contributed by atoms with van der Waals surface area (Å²) in [6.07, 6.45) is 2.94. The Morgan fingerprint density at radius 1 is 1.52 bits per heavy atom. The number of hydrogen-bond acceptors (Lipinski definition) is 6. The fourth-order valence-corrected chi connectivity index (χ4v) is 3.43. The van der Waals surface area contributed by atoms with Crippen LogP contribution in [0, 0.1) is 0 Å². The van der Waals surface area contributed by atoms with Gasteiger partial charge in [0, 0.05) is 6.26 Å². The van der Waals surface area contributed by atoms with Gasteiger partial charge in [0.05, 0.1) is 21.7 Å². The number of anilines is 1. The van der Waals surface area contributed by atoms with Crippen LogP contribution in [-0.2, 0) is 19.4 Å².